The first kappa shape index (κ1) is 29.4. The highest BCUT2D eigenvalue weighted by Gasteiger charge is 2.58. The molecule has 2 bridgehead atoms. The number of halogens is 1. The molecule has 5 aromatic rings. The van der Waals surface area contributed by atoms with Crippen molar-refractivity contribution in [2.75, 3.05) is 20.1 Å². The molecule has 0 spiro atoms. The van der Waals surface area contributed by atoms with Crippen LogP contribution in [-0.2, 0) is 15.4 Å². The summed E-state index contributed by atoms with van der Waals surface area (Å²) in [5.41, 5.74) is 3.78. The van der Waals surface area contributed by atoms with Crippen molar-refractivity contribution >= 4 is 44.0 Å². The number of fused-ring (bicyclic) bond motifs is 3. The fourth-order valence-corrected chi connectivity index (χ4v) is 11.2. The number of thiophene rings is 1. The highest BCUT2D eigenvalue weighted by Crippen LogP contribution is 2.57. The number of likely N-dealkylation sites (N-methyl/N-ethyl adjacent to an activating group) is 1. The van der Waals surface area contributed by atoms with Gasteiger partial charge in [-0.05, 0) is 86.9 Å². The minimum Gasteiger partial charge on any atom is -0.364 e. The van der Waals surface area contributed by atoms with Gasteiger partial charge in [0.05, 0.1) is 15.9 Å². The van der Waals surface area contributed by atoms with E-state index in [1.54, 1.807) is 29.6 Å². The van der Waals surface area contributed by atoms with E-state index in [-0.39, 0.29) is 5.41 Å². The van der Waals surface area contributed by atoms with Gasteiger partial charge in [0, 0.05) is 54.8 Å². The van der Waals surface area contributed by atoms with Crippen LogP contribution in [0.2, 0.25) is 5.02 Å². The van der Waals surface area contributed by atoms with E-state index in [4.69, 9.17) is 21.1 Å². The van der Waals surface area contributed by atoms with Crippen LogP contribution < -0.4 is 0 Å². The summed E-state index contributed by atoms with van der Waals surface area (Å²) in [6.07, 6.45) is 7.10. The summed E-state index contributed by atoms with van der Waals surface area (Å²) in [5.74, 6) is 1.44. The minimum atomic E-state index is -3.70. The van der Waals surface area contributed by atoms with Gasteiger partial charge >= 0.3 is 0 Å². The summed E-state index contributed by atoms with van der Waals surface area (Å²) in [4.78, 5) is 8.37. The summed E-state index contributed by atoms with van der Waals surface area (Å²) in [5, 5.41) is 4.65. The zero-order valence-corrected chi connectivity index (χ0v) is 27.7. The fraction of sp³-hybridized carbons (Fsp3) is 0.412. The van der Waals surface area contributed by atoms with E-state index >= 15 is 0 Å². The molecule has 1 aliphatic carbocycles. The van der Waals surface area contributed by atoms with E-state index in [9.17, 15) is 8.42 Å². The average molecular weight is 662 g/mol. The second-order valence-corrected chi connectivity index (χ2v) is 16.8. The lowest BCUT2D eigenvalue weighted by Crippen LogP contribution is -2.45. The smallest absolute Gasteiger partial charge is 0.252 e. The molecule has 2 saturated heterocycles. The van der Waals surface area contributed by atoms with Gasteiger partial charge in [0.2, 0.25) is 0 Å². The molecular formula is C34H36ClN5O3S2. The maximum absolute atomic E-state index is 13.8. The molecule has 45 heavy (non-hydrogen) atoms. The Balaban J connectivity index is 1.03. The predicted molar refractivity (Wildman–Crippen MR) is 177 cm³/mol. The van der Waals surface area contributed by atoms with Crippen LogP contribution in [0.1, 0.15) is 49.5 Å². The van der Waals surface area contributed by atoms with Crippen LogP contribution in [0, 0.1) is 12.8 Å². The molecule has 0 radical (unpaired) electrons. The van der Waals surface area contributed by atoms with Crippen LogP contribution in [0.3, 0.4) is 0 Å². The van der Waals surface area contributed by atoms with E-state index in [1.807, 2.05) is 18.2 Å². The molecule has 1 unspecified atom stereocenters. The number of benzene rings is 2. The largest absolute Gasteiger partial charge is 0.364 e. The molecule has 3 aliphatic rings. The molecule has 234 valence electrons. The van der Waals surface area contributed by atoms with Gasteiger partial charge in [0.15, 0.2) is 0 Å². The fourth-order valence-electron chi connectivity index (χ4n) is 8.26. The summed E-state index contributed by atoms with van der Waals surface area (Å²) in [6.45, 7) is 3.51. The molecule has 3 fully saturated rings. The lowest BCUT2D eigenvalue weighted by Gasteiger charge is -2.40. The van der Waals surface area contributed by atoms with Crippen molar-refractivity contribution in [3.05, 3.63) is 89.4 Å². The van der Waals surface area contributed by atoms with Gasteiger partial charge in [-0.3, -0.25) is 4.90 Å². The van der Waals surface area contributed by atoms with Gasteiger partial charge in [-0.1, -0.05) is 41.0 Å². The van der Waals surface area contributed by atoms with Gasteiger partial charge in [0.1, 0.15) is 22.0 Å². The predicted octanol–water partition coefficient (Wildman–Crippen LogP) is 7.16. The zero-order chi connectivity index (χ0) is 30.9. The summed E-state index contributed by atoms with van der Waals surface area (Å²) >= 11 is 7.73. The van der Waals surface area contributed by atoms with E-state index in [0.29, 0.717) is 45.5 Å². The molecule has 5 atom stereocenters. The van der Waals surface area contributed by atoms with E-state index in [0.717, 1.165) is 47.6 Å². The summed E-state index contributed by atoms with van der Waals surface area (Å²) in [6, 6.07) is 23.2. The van der Waals surface area contributed by atoms with Crippen molar-refractivity contribution in [2.45, 2.75) is 66.8 Å². The lowest BCUT2D eigenvalue weighted by atomic mass is 9.91. The van der Waals surface area contributed by atoms with E-state index < -0.39 is 10.0 Å². The number of hydrogen-bond acceptors (Lipinski definition) is 7. The zero-order valence-electron chi connectivity index (χ0n) is 25.3. The molecule has 1 saturated carbocycles. The normalized spacial score (nSPS) is 26.7. The first-order valence-corrected chi connectivity index (χ1v) is 18.3. The summed E-state index contributed by atoms with van der Waals surface area (Å²) in [7, 11) is -1.99. The molecule has 5 heterocycles. The third kappa shape index (κ3) is 5.06. The Bertz CT molecular complexity index is 1960. The monoisotopic (exact) mass is 661 g/mol. The third-order valence-corrected chi connectivity index (χ3v) is 14.1. The Morgan fingerprint density at radius 3 is 2.60 bits per heavy atom. The molecule has 8 nitrogen and oxygen atoms in total. The van der Waals surface area contributed by atoms with Gasteiger partial charge in [0.25, 0.3) is 10.0 Å². The second kappa shape index (κ2) is 11.1. The number of imidazole rings is 1. The average Bonchev–Trinajstić information content (AvgIpc) is 3.53. The molecule has 0 N–H and O–H groups in total. The Morgan fingerprint density at radius 2 is 1.84 bits per heavy atom. The number of aromatic nitrogens is 3. The summed E-state index contributed by atoms with van der Waals surface area (Å²) < 4.78 is 37.0. The Morgan fingerprint density at radius 1 is 1.04 bits per heavy atom. The van der Waals surface area contributed by atoms with Crippen LogP contribution in [0.5, 0.6) is 0 Å². The van der Waals surface area contributed by atoms with Crippen molar-refractivity contribution in [1.82, 2.24) is 23.9 Å². The number of para-hydroxylation sites is 2. The molecular weight excluding hydrogens is 626 g/mol. The second-order valence-electron chi connectivity index (χ2n) is 13.1. The third-order valence-electron chi connectivity index (χ3n) is 10.5. The van der Waals surface area contributed by atoms with Crippen molar-refractivity contribution < 1.29 is 12.9 Å². The molecule has 2 aliphatic heterocycles. The van der Waals surface area contributed by atoms with Crippen LogP contribution in [0.4, 0.5) is 0 Å². The minimum absolute atomic E-state index is 0.285. The Kier molecular flexibility index (Phi) is 7.22. The highest BCUT2D eigenvalue weighted by molar-refractivity contribution is 7.91. The van der Waals surface area contributed by atoms with Crippen molar-refractivity contribution in [2.24, 2.45) is 5.92 Å². The van der Waals surface area contributed by atoms with E-state index in [1.165, 1.54) is 36.0 Å². The maximum Gasteiger partial charge on any atom is 0.252 e. The lowest BCUT2D eigenvalue weighted by molar-refractivity contribution is 0.0989. The Labute approximate surface area is 272 Å². The standard InChI is InChI=1S/C34H36ClN5O3S2/c1-22-36-29-8-3-4-9-31(29)40(22)28-17-26-10-11-27(18-28)39(26)20-24-19-34(24,23-6-5-7-25(35)16-23)21-38(2)45(41,42)33-13-12-32(44-33)30-14-15-43-37-30/h3-9,12-16,24,26-28H,10-11,17-21H2,1-2H3/t24-,26-,27+,28?,34+/m0/s1. The number of nitrogens with zero attached hydrogens (tertiary/aromatic N) is 5. The SMILES string of the molecule is Cc1nc2ccccc2n1C1C[C@H]2CC[C@@H](C1)N2C[C@@H]1C[C@@]1(CN(C)S(=O)(=O)c1ccc(-c2ccon2)s1)c1cccc(Cl)c1. The Hall–Kier alpha value is -3.02. The number of aryl methyl sites for hydroxylation is 1. The quantitative estimate of drug-likeness (QED) is 0.167. The highest BCUT2D eigenvalue weighted by atomic mass is 35.5. The number of hydrogen-bond donors (Lipinski definition) is 0. The van der Waals surface area contributed by atoms with Crippen LogP contribution >= 0.6 is 22.9 Å². The van der Waals surface area contributed by atoms with E-state index in [2.05, 4.69) is 51.9 Å². The maximum atomic E-state index is 13.8. The van der Waals surface area contributed by atoms with Crippen molar-refractivity contribution in [1.29, 1.82) is 0 Å². The van der Waals surface area contributed by atoms with Gasteiger partial charge < -0.3 is 9.09 Å². The van der Waals surface area contributed by atoms with Crippen LogP contribution in [-0.4, -0.2) is 64.6 Å². The molecule has 3 aromatic heterocycles. The number of rotatable bonds is 9. The first-order chi connectivity index (χ1) is 21.7. The molecule has 8 rings (SSSR count). The van der Waals surface area contributed by atoms with Crippen LogP contribution in [0.25, 0.3) is 21.6 Å². The molecule has 11 heteroatoms. The molecule has 2 aromatic carbocycles. The molecule has 0 amide bonds. The van der Waals surface area contributed by atoms with Gasteiger partial charge in [-0.2, -0.15) is 4.31 Å². The number of sulfonamides is 1. The van der Waals surface area contributed by atoms with Crippen LogP contribution in [0.15, 0.2) is 81.7 Å². The van der Waals surface area contributed by atoms with Crippen molar-refractivity contribution in [3.63, 3.8) is 0 Å². The first-order valence-electron chi connectivity index (χ1n) is 15.7. The van der Waals surface area contributed by atoms with Gasteiger partial charge in [-0.25, -0.2) is 13.4 Å². The number of piperidine rings is 1. The van der Waals surface area contributed by atoms with Crippen molar-refractivity contribution in [3.8, 4) is 10.6 Å². The van der Waals surface area contributed by atoms with Gasteiger partial charge in [-0.15, -0.1) is 11.3 Å². The topological polar surface area (TPSA) is 84.5 Å².